The van der Waals surface area contributed by atoms with Gasteiger partial charge in [-0.05, 0) is 103 Å². The lowest BCUT2D eigenvalue weighted by Gasteiger charge is -2.43. The first kappa shape index (κ1) is 17.7. The van der Waals surface area contributed by atoms with Gasteiger partial charge in [0, 0.05) is 18.6 Å². The van der Waals surface area contributed by atoms with Crippen LogP contribution in [-0.2, 0) is 0 Å². The van der Waals surface area contributed by atoms with Crippen LogP contribution in [-0.4, -0.2) is 72.6 Å². The number of nitrogens with zero attached hydrogens (tertiary/aromatic N) is 3. The summed E-state index contributed by atoms with van der Waals surface area (Å²) in [5.74, 6) is 1.92. The van der Waals surface area contributed by atoms with E-state index < -0.39 is 0 Å². The SMILES string of the molecule is CC1CCN(C2CCN(CC3CCN(C(C)C)CC3)CC2)CC1. The molecule has 0 atom stereocenters. The summed E-state index contributed by atoms with van der Waals surface area (Å²) in [6, 6.07) is 1.63. The van der Waals surface area contributed by atoms with Gasteiger partial charge in [-0.1, -0.05) is 6.92 Å². The highest BCUT2D eigenvalue weighted by Crippen LogP contribution is 2.25. The van der Waals surface area contributed by atoms with Crippen LogP contribution in [0.25, 0.3) is 0 Å². The van der Waals surface area contributed by atoms with Crippen LogP contribution in [0.1, 0.15) is 59.3 Å². The second-order valence-electron chi connectivity index (χ2n) is 8.82. The van der Waals surface area contributed by atoms with Gasteiger partial charge in [-0.25, -0.2) is 0 Å². The van der Waals surface area contributed by atoms with E-state index in [0.29, 0.717) is 0 Å². The Morgan fingerprint density at radius 3 is 1.96 bits per heavy atom. The summed E-state index contributed by atoms with van der Waals surface area (Å²) in [5, 5.41) is 0. The summed E-state index contributed by atoms with van der Waals surface area (Å²) in [6.45, 7) is 16.5. The van der Waals surface area contributed by atoms with Crippen LogP contribution in [0.2, 0.25) is 0 Å². The second kappa shape index (κ2) is 8.31. The Morgan fingerprint density at radius 1 is 0.783 bits per heavy atom. The summed E-state index contributed by atoms with van der Waals surface area (Å²) >= 11 is 0. The molecular formula is C20H39N3. The highest BCUT2D eigenvalue weighted by atomic mass is 15.2. The lowest BCUT2D eigenvalue weighted by atomic mass is 9.92. The topological polar surface area (TPSA) is 9.72 Å². The highest BCUT2D eigenvalue weighted by molar-refractivity contribution is 4.84. The molecule has 0 saturated carbocycles. The molecule has 0 unspecified atom stereocenters. The molecule has 3 fully saturated rings. The number of rotatable bonds is 4. The Hall–Kier alpha value is -0.120. The average Bonchev–Trinajstić information content (AvgIpc) is 2.57. The highest BCUT2D eigenvalue weighted by Gasteiger charge is 2.29. The van der Waals surface area contributed by atoms with Crippen molar-refractivity contribution in [2.24, 2.45) is 11.8 Å². The third-order valence-corrected chi connectivity index (χ3v) is 6.79. The van der Waals surface area contributed by atoms with Crippen LogP contribution in [0, 0.1) is 11.8 Å². The minimum absolute atomic E-state index is 0.735. The molecule has 0 aromatic carbocycles. The molecule has 3 heterocycles. The van der Waals surface area contributed by atoms with Crippen molar-refractivity contribution in [1.82, 2.24) is 14.7 Å². The predicted octanol–water partition coefficient (Wildman–Crippen LogP) is 3.30. The van der Waals surface area contributed by atoms with E-state index in [4.69, 9.17) is 0 Å². The summed E-state index contributed by atoms with van der Waals surface area (Å²) < 4.78 is 0. The van der Waals surface area contributed by atoms with Crippen LogP contribution in [0.4, 0.5) is 0 Å². The van der Waals surface area contributed by atoms with Gasteiger partial charge in [0.05, 0.1) is 0 Å². The van der Waals surface area contributed by atoms with Gasteiger partial charge in [-0.15, -0.1) is 0 Å². The summed E-state index contributed by atoms with van der Waals surface area (Å²) in [7, 11) is 0. The van der Waals surface area contributed by atoms with Gasteiger partial charge in [0.15, 0.2) is 0 Å². The number of piperidine rings is 3. The van der Waals surface area contributed by atoms with Crippen molar-refractivity contribution in [3.05, 3.63) is 0 Å². The van der Waals surface area contributed by atoms with Gasteiger partial charge in [-0.2, -0.15) is 0 Å². The fraction of sp³-hybridized carbons (Fsp3) is 1.00. The lowest BCUT2D eigenvalue weighted by Crippen LogP contribution is -2.49. The minimum Gasteiger partial charge on any atom is -0.303 e. The molecule has 0 amide bonds. The van der Waals surface area contributed by atoms with Crippen molar-refractivity contribution >= 4 is 0 Å². The quantitative estimate of drug-likeness (QED) is 0.786. The summed E-state index contributed by atoms with van der Waals surface area (Å²) in [6.07, 6.45) is 8.52. The molecule has 3 heteroatoms. The number of hydrogen-bond acceptors (Lipinski definition) is 3. The molecule has 3 aliphatic rings. The zero-order chi connectivity index (χ0) is 16.2. The second-order valence-corrected chi connectivity index (χ2v) is 8.82. The van der Waals surface area contributed by atoms with Gasteiger partial charge in [0.1, 0.15) is 0 Å². The van der Waals surface area contributed by atoms with Crippen LogP contribution < -0.4 is 0 Å². The van der Waals surface area contributed by atoms with Crippen molar-refractivity contribution in [3.63, 3.8) is 0 Å². The number of hydrogen-bond donors (Lipinski definition) is 0. The van der Waals surface area contributed by atoms with Crippen molar-refractivity contribution in [3.8, 4) is 0 Å². The van der Waals surface area contributed by atoms with E-state index in [1.165, 1.54) is 84.3 Å². The Labute approximate surface area is 144 Å². The largest absolute Gasteiger partial charge is 0.303 e. The maximum Gasteiger partial charge on any atom is 0.0120 e. The van der Waals surface area contributed by atoms with Crippen LogP contribution >= 0.6 is 0 Å². The normalized spacial score (nSPS) is 28.7. The Bertz CT molecular complexity index is 333. The first-order valence-corrected chi connectivity index (χ1v) is 10.3. The lowest BCUT2D eigenvalue weighted by molar-refractivity contribution is 0.0640. The van der Waals surface area contributed by atoms with Gasteiger partial charge < -0.3 is 14.7 Å². The van der Waals surface area contributed by atoms with E-state index in [1.807, 2.05) is 0 Å². The summed E-state index contributed by atoms with van der Waals surface area (Å²) in [5.41, 5.74) is 0. The van der Waals surface area contributed by atoms with Crippen molar-refractivity contribution in [1.29, 1.82) is 0 Å². The zero-order valence-electron chi connectivity index (χ0n) is 15.8. The predicted molar refractivity (Wildman–Crippen MR) is 98.9 cm³/mol. The maximum absolute atomic E-state index is 2.80. The molecule has 3 nitrogen and oxygen atoms in total. The average molecular weight is 322 g/mol. The van der Waals surface area contributed by atoms with E-state index in [9.17, 15) is 0 Å². The Kier molecular flexibility index (Phi) is 6.39. The van der Waals surface area contributed by atoms with Crippen molar-refractivity contribution < 1.29 is 0 Å². The van der Waals surface area contributed by atoms with Crippen LogP contribution in [0.3, 0.4) is 0 Å². The van der Waals surface area contributed by atoms with Gasteiger partial charge >= 0.3 is 0 Å². The Morgan fingerprint density at radius 2 is 1.39 bits per heavy atom. The third kappa shape index (κ3) is 4.93. The third-order valence-electron chi connectivity index (χ3n) is 6.79. The zero-order valence-corrected chi connectivity index (χ0v) is 15.8. The molecule has 3 aliphatic heterocycles. The maximum atomic E-state index is 2.80. The molecule has 0 aromatic rings. The van der Waals surface area contributed by atoms with E-state index in [2.05, 4.69) is 35.5 Å². The van der Waals surface area contributed by atoms with E-state index in [-0.39, 0.29) is 0 Å². The molecule has 0 aromatic heterocycles. The molecule has 3 rings (SSSR count). The van der Waals surface area contributed by atoms with Crippen LogP contribution in [0.15, 0.2) is 0 Å². The summed E-state index contributed by atoms with van der Waals surface area (Å²) in [4.78, 5) is 8.23. The molecule has 3 saturated heterocycles. The van der Waals surface area contributed by atoms with Gasteiger partial charge in [0.2, 0.25) is 0 Å². The fourth-order valence-electron chi connectivity index (χ4n) is 4.88. The van der Waals surface area contributed by atoms with Crippen molar-refractivity contribution in [2.45, 2.75) is 71.4 Å². The Balaban J connectivity index is 1.35. The van der Waals surface area contributed by atoms with Crippen LogP contribution in [0.5, 0.6) is 0 Å². The molecular weight excluding hydrogens is 282 g/mol. The van der Waals surface area contributed by atoms with E-state index in [0.717, 1.165) is 23.9 Å². The molecule has 0 radical (unpaired) electrons. The number of likely N-dealkylation sites (tertiary alicyclic amines) is 3. The standard InChI is InChI=1S/C20H39N3/c1-17(2)22-14-6-19(7-15-22)16-21-10-8-20(9-11-21)23-12-4-18(3)5-13-23/h17-20H,4-16H2,1-3H3. The van der Waals surface area contributed by atoms with Gasteiger partial charge in [0.25, 0.3) is 0 Å². The van der Waals surface area contributed by atoms with Gasteiger partial charge in [-0.3, -0.25) is 0 Å². The molecule has 0 aliphatic carbocycles. The molecule has 0 bridgehead atoms. The first-order valence-electron chi connectivity index (χ1n) is 10.3. The van der Waals surface area contributed by atoms with Crippen molar-refractivity contribution in [2.75, 3.05) is 45.8 Å². The monoisotopic (exact) mass is 321 g/mol. The molecule has 23 heavy (non-hydrogen) atoms. The smallest absolute Gasteiger partial charge is 0.0120 e. The fourth-order valence-corrected chi connectivity index (χ4v) is 4.88. The molecule has 0 spiro atoms. The van der Waals surface area contributed by atoms with E-state index >= 15 is 0 Å². The van der Waals surface area contributed by atoms with E-state index in [1.54, 1.807) is 0 Å². The minimum atomic E-state index is 0.735. The first-order chi connectivity index (χ1) is 11.1. The molecule has 0 N–H and O–H groups in total. The molecule has 134 valence electrons.